The summed E-state index contributed by atoms with van der Waals surface area (Å²) in [5.74, 6) is -0.428. The first-order valence-corrected chi connectivity index (χ1v) is 9.50. The molecule has 136 valence electrons. The number of thioether (sulfide) groups is 1. The Morgan fingerprint density at radius 1 is 1.15 bits per heavy atom. The zero-order chi connectivity index (χ0) is 18.5. The van der Waals surface area contributed by atoms with Crippen molar-refractivity contribution in [3.05, 3.63) is 64.7 Å². The molecule has 1 saturated heterocycles. The molecule has 1 fully saturated rings. The Kier molecular flexibility index (Phi) is 6.19. The first-order valence-electron chi connectivity index (χ1n) is 8.14. The summed E-state index contributed by atoms with van der Waals surface area (Å²) in [4.78, 5) is 26.2. The summed E-state index contributed by atoms with van der Waals surface area (Å²) in [5, 5.41) is 9.75. The van der Waals surface area contributed by atoms with Crippen LogP contribution in [0.2, 0.25) is 5.02 Å². The Morgan fingerprint density at radius 3 is 2.50 bits per heavy atom. The van der Waals surface area contributed by atoms with Crippen molar-refractivity contribution in [3.63, 3.8) is 0 Å². The zero-order valence-electron chi connectivity index (χ0n) is 13.9. The van der Waals surface area contributed by atoms with Crippen LogP contribution in [0.25, 0.3) is 0 Å². The second-order valence-electron chi connectivity index (χ2n) is 5.89. The molecule has 5 nitrogen and oxygen atoms in total. The molecule has 0 spiro atoms. The van der Waals surface area contributed by atoms with Crippen LogP contribution >= 0.6 is 23.4 Å². The number of benzene rings is 2. The number of nitrogens with zero attached hydrogens (tertiary/aromatic N) is 1. The highest BCUT2D eigenvalue weighted by molar-refractivity contribution is 7.98. The topological polar surface area (TPSA) is 66.8 Å². The Morgan fingerprint density at radius 2 is 1.85 bits per heavy atom. The molecule has 0 bridgehead atoms. The van der Waals surface area contributed by atoms with Gasteiger partial charge in [0.15, 0.2) is 6.10 Å². The molecule has 1 aliphatic heterocycles. The molecule has 1 atom stereocenters. The molecule has 0 saturated carbocycles. The fraction of sp³-hybridized carbons (Fsp3) is 0.263. The maximum Gasteiger partial charge on any atom is 0.334 e. The fourth-order valence-electron chi connectivity index (χ4n) is 2.61. The minimum atomic E-state index is -1.04. The number of carboxylic acids is 1. The van der Waals surface area contributed by atoms with E-state index in [1.54, 1.807) is 23.9 Å². The maximum atomic E-state index is 12.6. The summed E-state index contributed by atoms with van der Waals surface area (Å²) in [7, 11) is 0. The lowest BCUT2D eigenvalue weighted by Crippen LogP contribution is -2.48. The predicted octanol–water partition coefficient (Wildman–Crippen LogP) is 3.56. The summed E-state index contributed by atoms with van der Waals surface area (Å²) in [6.45, 7) is 0.706. The lowest BCUT2D eigenvalue weighted by molar-refractivity contribution is -0.154. The maximum absolute atomic E-state index is 12.6. The highest BCUT2D eigenvalue weighted by Gasteiger charge is 2.29. The van der Waals surface area contributed by atoms with Gasteiger partial charge in [-0.3, -0.25) is 4.79 Å². The van der Waals surface area contributed by atoms with Gasteiger partial charge in [-0.2, -0.15) is 0 Å². The number of aliphatic carboxylic acids is 1. The Balaban J connectivity index is 1.59. The SMILES string of the molecule is O=C(O)C1CN(C(=O)c2ccc(CSc3ccc(Cl)cc3)cc2)CCO1. The number of hydrogen-bond acceptors (Lipinski definition) is 4. The first kappa shape index (κ1) is 18.8. The molecule has 3 rings (SSSR count). The molecule has 1 unspecified atom stereocenters. The van der Waals surface area contributed by atoms with Crippen LogP contribution in [-0.2, 0) is 15.3 Å². The number of carboxylic acid groups (broad SMARTS) is 1. The minimum absolute atomic E-state index is 0.0718. The number of halogens is 1. The van der Waals surface area contributed by atoms with E-state index in [1.165, 1.54) is 4.90 Å². The van der Waals surface area contributed by atoms with Crippen LogP contribution in [0.5, 0.6) is 0 Å². The third kappa shape index (κ3) is 4.78. The van der Waals surface area contributed by atoms with Crippen LogP contribution in [-0.4, -0.2) is 47.7 Å². The predicted molar refractivity (Wildman–Crippen MR) is 101 cm³/mol. The van der Waals surface area contributed by atoms with E-state index in [0.29, 0.717) is 17.1 Å². The molecular formula is C19H18ClNO4S. The van der Waals surface area contributed by atoms with Crippen molar-refractivity contribution in [3.8, 4) is 0 Å². The molecule has 2 aromatic rings. The summed E-state index contributed by atoms with van der Waals surface area (Å²) in [5.41, 5.74) is 1.66. The van der Waals surface area contributed by atoms with Gasteiger partial charge >= 0.3 is 5.97 Å². The molecule has 1 aliphatic rings. The molecule has 1 N–H and O–H groups in total. The number of ether oxygens (including phenoxy) is 1. The zero-order valence-corrected chi connectivity index (χ0v) is 15.5. The van der Waals surface area contributed by atoms with E-state index in [2.05, 4.69) is 0 Å². The quantitative estimate of drug-likeness (QED) is 0.789. The molecule has 2 aromatic carbocycles. The standard InChI is InChI=1S/C19H18ClNO4S/c20-15-5-7-16(8-6-15)26-12-13-1-3-14(4-2-13)18(22)21-9-10-25-17(11-21)19(23)24/h1-8,17H,9-12H2,(H,23,24). The molecular weight excluding hydrogens is 374 g/mol. The average molecular weight is 392 g/mol. The van der Waals surface area contributed by atoms with Crippen LogP contribution < -0.4 is 0 Å². The van der Waals surface area contributed by atoms with Crippen LogP contribution in [0.1, 0.15) is 15.9 Å². The molecule has 7 heteroatoms. The molecule has 1 amide bonds. The fourth-order valence-corrected chi connectivity index (χ4v) is 3.59. The minimum Gasteiger partial charge on any atom is -0.479 e. The van der Waals surface area contributed by atoms with Gasteiger partial charge in [0.25, 0.3) is 5.91 Å². The summed E-state index contributed by atoms with van der Waals surface area (Å²) >= 11 is 7.57. The second-order valence-corrected chi connectivity index (χ2v) is 7.37. The third-order valence-electron chi connectivity index (χ3n) is 4.05. The smallest absolute Gasteiger partial charge is 0.334 e. The van der Waals surface area contributed by atoms with Crippen LogP contribution in [0.4, 0.5) is 0 Å². The Labute approximate surface area is 160 Å². The van der Waals surface area contributed by atoms with Gasteiger partial charge in [0.1, 0.15) is 0 Å². The number of carbonyl (C=O) groups is 2. The number of hydrogen-bond donors (Lipinski definition) is 1. The monoisotopic (exact) mass is 391 g/mol. The van der Waals surface area contributed by atoms with Gasteiger partial charge < -0.3 is 14.7 Å². The van der Waals surface area contributed by atoms with Gasteiger partial charge in [-0.15, -0.1) is 11.8 Å². The van der Waals surface area contributed by atoms with Crippen LogP contribution in [0, 0.1) is 0 Å². The van der Waals surface area contributed by atoms with Crippen LogP contribution in [0.3, 0.4) is 0 Å². The van der Waals surface area contributed by atoms with Gasteiger partial charge in [0.05, 0.1) is 13.2 Å². The Hall–Kier alpha value is -2.02. The second kappa shape index (κ2) is 8.58. The highest BCUT2D eigenvalue weighted by atomic mass is 35.5. The number of rotatable bonds is 5. The molecule has 0 aliphatic carbocycles. The largest absolute Gasteiger partial charge is 0.479 e. The van der Waals surface area contributed by atoms with Gasteiger partial charge in [-0.1, -0.05) is 23.7 Å². The van der Waals surface area contributed by atoms with Gasteiger partial charge in [0, 0.05) is 27.8 Å². The van der Waals surface area contributed by atoms with E-state index in [1.807, 2.05) is 36.4 Å². The van der Waals surface area contributed by atoms with Crippen molar-refractivity contribution in [2.75, 3.05) is 19.7 Å². The lowest BCUT2D eigenvalue weighted by atomic mass is 10.1. The summed E-state index contributed by atoms with van der Waals surface area (Å²) in [6.07, 6.45) is -0.956. The van der Waals surface area contributed by atoms with Crippen molar-refractivity contribution in [1.29, 1.82) is 0 Å². The van der Waals surface area contributed by atoms with Crippen molar-refractivity contribution in [2.24, 2.45) is 0 Å². The van der Waals surface area contributed by atoms with E-state index in [4.69, 9.17) is 21.4 Å². The van der Waals surface area contributed by atoms with Crippen molar-refractivity contribution >= 4 is 35.2 Å². The van der Waals surface area contributed by atoms with Gasteiger partial charge in [-0.05, 0) is 42.0 Å². The molecule has 26 heavy (non-hydrogen) atoms. The third-order valence-corrected chi connectivity index (χ3v) is 5.38. The number of amides is 1. The van der Waals surface area contributed by atoms with Gasteiger partial charge in [-0.25, -0.2) is 4.79 Å². The van der Waals surface area contributed by atoms with E-state index in [0.717, 1.165) is 16.2 Å². The Bertz CT molecular complexity index is 779. The van der Waals surface area contributed by atoms with Crippen molar-refractivity contribution in [2.45, 2.75) is 16.8 Å². The van der Waals surface area contributed by atoms with Gasteiger partial charge in [0.2, 0.25) is 0 Å². The van der Waals surface area contributed by atoms with E-state index in [-0.39, 0.29) is 19.1 Å². The van der Waals surface area contributed by atoms with E-state index < -0.39 is 12.1 Å². The summed E-state index contributed by atoms with van der Waals surface area (Å²) in [6, 6.07) is 15.1. The normalized spacial score (nSPS) is 17.1. The number of carbonyl (C=O) groups excluding carboxylic acids is 1. The lowest BCUT2D eigenvalue weighted by Gasteiger charge is -2.30. The van der Waals surface area contributed by atoms with E-state index in [9.17, 15) is 9.59 Å². The van der Waals surface area contributed by atoms with E-state index >= 15 is 0 Å². The average Bonchev–Trinajstić information content (AvgIpc) is 2.67. The summed E-state index contributed by atoms with van der Waals surface area (Å²) < 4.78 is 5.15. The number of morpholine rings is 1. The molecule has 0 aromatic heterocycles. The van der Waals surface area contributed by atoms with Crippen LogP contribution in [0.15, 0.2) is 53.4 Å². The van der Waals surface area contributed by atoms with Crippen molar-refractivity contribution in [1.82, 2.24) is 4.90 Å². The first-order chi connectivity index (χ1) is 12.5. The molecule has 0 radical (unpaired) electrons. The van der Waals surface area contributed by atoms with Crippen molar-refractivity contribution < 1.29 is 19.4 Å². The molecule has 1 heterocycles. The highest BCUT2D eigenvalue weighted by Crippen LogP contribution is 2.24.